The topological polar surface area (TPSA) is 80.1 Å². The van der Waals surface area contributed by atoms with E-state index in [9.17, 15) is 9.59 Å². The number of pyridine rings is 1. The summed E-state index contributed by atoms with van der Waals surface area (Å²) in [7, 11) is 0. The van der Waals surface area contributed by atoms with E-state index in [1.807, 2.05) is 36.5 Å². The Labute approximate surface area is 150 Å². The predicted octanol–water partition coefficient (Wildman–Crippen LogP) is 2.23. The molecule has 0 radical (unpaired) electrons. The number of nitrogens with zero attached hydrogens (tertiary/aromatic N) is 4. The number of rotatable bonds is 4. The van der Waals surface area contributed by atoms with Gasteiger partial charge in [-0.05, 0) is 42.8 Å². The van der Waals surface area contributed by atoms with Crippen molar-refractivity contribution in [3.05, 3.63) is 78.4 Å². The van der Waals surface area contributed by atoms with E-state index < -0.39 is 11.6 Å². The third-order valence-electron chi connectivity index (χ3n) is 4.50. The first-order valence-electron chi connectivity index (χ1n) is 8.22. The molecule has 1 N–H and O–H groups in total. The number of hydrogen-bond donors (Lipinski definition) is 1. The van der Waals surface area contributed by atoms with Crippen LogP contribution in [0.1, 0.15) is 18.2 Å². The van der Waals surface area contributed by atoms with E-state index in [1.165, 1.54) is 4.90 Å². The van der Waals surface area contributed by atoms with Gasteiger partial charge in [0.15, 0.2) is 5.54 Å². The van der Waals surface area contributed by atoms with E-state index in [2.05, 4.69) is 15.4 Å². The van der Waals surface area contributed by atoms with Crippen LogP contribution in [0.3, 0.4) is 0 Å². The van der Waals surface area contributed by atoms with Crippen LogP contribution in [0.5, 0.6) is 0 Å². The molecule has 1 aromatic carbocycles. The van der Waals surface area contributed by atoms with Gasteiger partial charge in [-0.3, -0.25) is 14.7 Å². The Morgan fingerprint density at radius 3 is 2.50 bits per heavy atom. The zero-order valence-electron chi connectivity index (χ0n) is 14.2. The van der Waals surface area contributed by atoms with Crippen molar-refractivity contribution in [2.45, 2.75) is 19.0 Å². The van der Waals surface area contributed by atoms with Crippen LogP contribution in [0.4, 0.5) is 4.79 Å². The van der Waals surface area contributed by atoms with Gasteiger partial charge in [-0.1, -0.05) is 18.2 Å². The van der Waals surface area contributed by atoms with Crippen molar-refractivity contribution in [3.8, 4) is 5.69 Å². The predicted molar refractivity (Wildman–Crippen MR) is 94.2 cm³/mol. The summed E-state index contributed by atoms with van der Waals surface area (Å²) in [6, 6.07) is 14.3. The Bertz CT molecular complexity index is 938. The highest BCUT2D eigenvalue weighted by molar-refractivity contribution is 6.06. The molecule has 0 unspecified atom stereocenters. The first-order valence-corrected chi connectivity index (χ1v) is 8.22. The van der Waals surface area contributed by atoms with E-state index in [1.54, 1.807) is 42.2 Å². The lowest BCUT2D eigenvalue weighted by molar-refractivity contribution is -0.131. The monoisotopic (exact) mass is 347 g/mol. The molecule has 3 heterocycles. The lowest BCUT2D eigenvalue weighted by atomic mass is 9.97. The molecule has 130 valence electrons. The first kappa shape index (κ1) is 16.0. The van der Waals surface area contributed by atoms with Crippen LogP contribution in [-0.4, -0.2) is 31.6 Å². The molecule has 1 fully saturated rings. The van der Waals surface area contributed by atoms with E-state index in [0.717, 1.165) is 11.3 Å². The number of amides is 3. The fraction of sp³-hybridized carbons (Fsp3) is 0.158. The van der Waals surface area contributed by atoms with Gasteiger partial charge >= 0.3 is 6.03 Å². The molecule has 7 nitrogen and oxygen atoms in total. The summed E-state index contributed by atoms with van der Waals surface area (Å²) in [6.45, 7) is 1.88. The van der Waals surface area contributed by atoms with Gasteiger partial charge in [0.2, 0.25) is 0 Å². The van der Waals surface area contributed by atoms with Crippen molar-refractivity contribution in [2.24, 2.45) is 0 Å². The summed E-state index contributed by atoms with van der Waals surface area (Å²) in [4.78, 5) is 30.7. The normalized spacial score (nSPS) is 19.7. The lowest BCUT2D eigenvalue weighted by Crippen LogP contribution is -2.41. The maximum Gasteiger partial charge on any atom is 0.325 e. The van der Waals surface area contributed by atoms with Crippen LogP contribution < -0.4 is 5.32 Å². The summed E-state index contributed by atoms with van der Waals surface area (Å²) in [5.41, 5.74) is 1.15. The van der Waals surface area contributed by atoms with Crippen molar-refractivity contribution in [2.75, 3.05) is 0 Å². The number of hydrogen-bond acceptors (Lipinski definition) is 4. The molecule has 3 amide bonds. The second kappa shape index (κ2) is 6.11. The first-order chi connectivity index (χ1) is 12.6. The molecule has 2 aromatic heterocycles. The van der Waals surface area contributed by atoms with E-state index in [-0.39, 0.29) is 12.5 Å². The quantitative estimate of drug-likeness (QED) is 0.734. The minimum absolute atomic E-state index is 0.201. The highest BCUT2D eigenvalue weighted by Crippen LogP contribution is 2.28. The van der Waals surface area contributed by atoms with Gasteiger partial charge < -0.3 is 5.32 Å². The van der Waals surface area contributed by atoms with Crippen molar-refractivity contribution < 1.29 is 9.59 Å². The van der Waals surface area contributed by atoms with Crippen LogP contribution in [0.15, 0.2) is 67.1 Å². The number of nitrogens with one attached hydrogen (secondary N) is 1. The standard InChI is InChI=1S/C19H17N5O2/c1-19(16-5-2-3-10-20-16)17(25)23(18(26)22-19)13-14-6-8-15(9-7-14)24-12-4-11-21-24/h2-12H,13H2,1H3,(H,22,26)/t19-/m0/s1. The van der Waals surface area contributed by atoms with E-state index in [4.69, 9.17) is 0 Å². The average Bonchev–Trinajstić information content (AvgIpc) is 3.27. The molecule has 0 spiro atoms. The minimum Gasteiger partial charge on any atom is -0.318 e. The molecule has 1 aliphatic rings. The number of urea groups is 1. The van der Waals surface area contributed by atoms with Crippen molar-refractivity contribution >= 4 is 11.9 Å². The van der Waals surface area contributed by atoms with Gasteiger partial charge in [0, 0.05) is 18.6 Å². The Balaban J connectivity index is 1.55. The van der Waals surface area contributed by atoms with Crippen LogP contribution in [0.2, 0.25) is 0 Å². The zero-order chi connectivity index (χ0) is 18.1. The van der Waals surface area contributed by atoms with Gasteiger partial charge in [-0.15, -0.1) is 0 Å². The second-order valence-electron chi connectivity index (χ2n) is 6.28. The summed E-state index contributed by atoms with van der Waals surface area (Å²) >= 11 is 0. The highest BCUT2D eigenvalue weighted by atomic mass is 16.2. The number of benzene rings is 1. The molecule has 3 aromatic rings. The Morgan fingerprint density at radius 1 is 1.04 bits per heavy atom. The summed E-state index contributed by atoms with van der Waals surface area (Å²) in [6.07, 6.45) is 5.17. The number of carbonyl (C=O) groups excluding carboxylic acids is 2. The third-order valence-corrected chi connectivity index (χ3v) is 4.50. The Morgan fingerprint density at radius 2 is 1.85 bits per heavy atom. The Kier molecular flexibility index (Phi) is 3.76. The lowest BCUT2D eigenvalue weighted by Gasteiger charge is -2.21. The zero-order valence-corrected chi connectivity index (χ0v) is 14.2. The smallest absolute Gasteiger partial charge is 0.318 e. The van der Waals surface area contributed by atoms with Crippen molar-refractivity contribution in [1.82, 2.24) is 25.0 Å². The number of carbonyl (C=O) groups is 2. The fourth-order valence-electron chi connectivity index (χ4n) is 3.03. The number of imide groups is 1. The molecular weight excluding hydrogens is 330 g/mol. The van der Waals surface area contributed by atoms with E-state index >= 15 is 0 Å². The molecule has 4 rings (SSSR count). The summed E-state index contributed by atoms with van der Waals surface area (Å²) < 4.78 is 1.75. The Hall–Kier alpha value is -3.48. The molecule has 7 heteroatoms. The maximum atomic E-state index is 12.9. The third kappa shape index (κ3) is 2.63. The average molecular weight is 347 g/mol. The summed E-state index contributed by atoms with van der Waals surface area (Å²) in [5.74, 6) is -0.308. The van der Waals surface area contributed by atoms with Gasteiger partial charge in [-0.25, -0.2) is 9.48 Å². The van der Waals surface area contributed by atoms with Gasteiger partial charge in [0.1, 0.15) is 0 Å². The molecular formula is C19H17N5O2. The van der Waals surface area contributed by atoms with Crippen LogP contribution >= 0.6 is 0 Å². The maximum absolute atomic E-state index is 12.9. The van der Waals surface area contributed by atoms with Gasteiger partial charge in [0.25, 0.3) is 5.91 Å². The number of aromatic nitrogens is 3. The highest BCUT2D eigenvalue weighted by Gasteiger charge is 2.49. The second-order valence-corrected chi connectivity index (χ2v) is 6.28. The van der Waals surface area contributed by atoms with Gasteiger partial charge in [0.05, 0.1) is 17.9 Å². The van der Waals surface area contributed by atoms with Crippen LogP contribution in [0, 0.1) is 0 Å². The van der Waals surface area contributed by atoms with Crippen LogP contribution in [-0.2, 0) is 16.9 Å². The molecule has 1 saturated heterocycles. The van der Waals surface area contributed by atoms with Crippen molar-refractivity contribution in [1.29, 1.82) is 0 Å². The molecule has 1 atom stereocenters. The molecule has 0 bridgehead atoms. The van der Waals surface area contributed by atoms with Crippen molar-refractivity contribution in [3.63, 3.8) is 0 Å². The largest absolute Gasteiger partial charge is 0.325 e. The van der Waals surface area contributed by atoms with Gasteiger partial charge in [-0.2, -0.15) is 5.10 Å². The summed E-state index contributed by atoms with van der Waals surface area (Å²) in [5, 5.41) is 6.94. The minimum atomic E-state index is -1.15. The molecule has 26 heavy (non-hydrogen) atoms. The molecule has 1 aliphatic heterocycles. The molecule has 0 saturated carbocycles. The fourth-order valence-corrected chi connectivity index (χ4v) is 3.03. The SMILES string of the molecule is C[C@@]1(c2ccccn2)NC(=O)N(Cc2ccc(-n3cccn3)cc2)C1=O. The molecule has 0 aliphatic carbocycles. The van der Waals surface area contributed by atoms with Crippen LogP contribution in [0.25, 0.3) is 5.69 Å². The van der Waals surface area contributed by atoms with E-state index in [0.29, 0.717) is 5.69 Å².